The van der Waals surface area contributed by atoms with E-state index in [0.717, 1.165) is 5.56 Å². The van der Waals surface area contributed by atoms with Gasteiger partial charge in [0.05, 0.1) is 0 Å². The Hall–Kier alpha value is -2.28. The second kappa shape index (κ2) is 10.5. The summed E-state index contributed by atoms with van der Waals surface area (Å²) in [7, 11) is 0. The van der Waals surface area contributed by atoms with Crippen LogP contribution in [0.5, 0.6) is 5.75 Å². The van der Waals surface area contributed by atoms with E-state index in [2.05, 4.69) is 5.32 Å². The van der Waals surface area contributed by atoms with E-state index < -0.39 is 17.4 Å². The maximum absolute atomic E-state index is 13.0. The van der Waals surface area contributed by atoms with Crippen LogP contribution >= 0.6 is 23.2 Å². The third-order valence-corrected chi connectivity index (χ3v) is 8.21. The molecule has 1 amide bonds. The Kier molecular flexibility index (Phi) is 8.17. The topological polar surface area (TPSA) is 95.9 Å². The summed E-state index contributed by atoms with van der Waals surface area (Å²) in [4.78, 5) is 24.9. The summed E-state index contributed by atoms with van der Waals surface area (Å²) < 4.78 is 5.77. The molecule has 3 N–H and O–H groups in total. The first-order valence-electron chi connectivity index (χ1n) is 11.3. The third kappa shape index (κ3) is 5.51. The number of rotatable bonds is 9. The first-order chi connectivity index (χ1) is 16.0. The fraction of sp³-hybridized carbons (Fsp3) is 0.462. The van der Waals surface area contributed by atoms with Crippen molar-refractivity contribution in [1.29, 1.82) is 0 Å². The fourth-order valence-corrected chi connectivity index (χ4v) is 5.07. The van der Waals surface area contributed by atoms with Crippen molar-refractivity contribution in [2.24, 2.45) is 16.7 Å². The number of carbonyl (C=O) groups excluding carboxylic acids is 1. The Labute approximate surface area is 210 Å². The van der Waals surface area contributed by atoms with Gasteiger partial charge in [0.15, 0.2) is 0 Å². The van der Waals surface area contributed by atoms with Crippen LogP contribution in [0.4, 0.5) is 0 Å². The van der Waals surface area contributed by atoms with Gasteiger partial charge in [-0.2, -0.15) is 0 Å². The minimum Gasteiger partial charge on any atom is -0.489 e. The predicted molar refractivity (Wildman–Crippen MR) is 132 cm³/mol. The third-order valence-electron chi connectivity index (χ3n) is 7.50. The molecule has 1 saturated carbocycles. The summed E-state index contributed by atoms with van der Waals surface area (Å²) in [6, 6.07) is 11.2. The molecular formula is C26H31Cl2NO5. The van der Waals surface area contributed by atoms with E-state index >= 15 is 0 Å². The molecule has 3 rings (SSSR count). The zero-order valence-corrected chi connectivity index (χ0v) is 21.1. The number of aliphatic hydroxyl groups is 1. The molecule has 6 nitrogen and oxygen atoms in total. The number of carbonyl (C=O) groups is 2. The van der Waals surface area contributed by atoms with Gasteiger partial charge in [-0.1, -0.05) is 62.2 Å². The van der Waals surface area contributed by atoms with Crippen molar-refractivity contribution in [3.63, 3.8) is 0 Å². The second-order valence-corrected chi connectivity index (χ2v) is 10.6. The highest BCUT2D eigenvalue weighted by Crippen LogP contribution is 2.55. The first kappa shape index (κ1) is 26.3. The molecule has 0 bridgehead atoms. The minimum atomic E-state index is -1.09. The quantitative estimate of drug-likeness (QED) is 0.437. The van der Waals surface area contributed by atoms with Crippen LogP contribution in [0.25, 0.3) is 0 Å². The van der Waals surface area contributed by atoms with Crippen LogP contribution in [0.15, 0.2) is 42.5 Å². The van der Waals surface area contributed by atoms with Crippen LogP contribution in [-0.4, -0.2) is 34.7 Å². The predicted octanol–water partition coefficient (Wildman–Crippen LogP) is 5.12. The largest absolute Gasteiger partial charge is 0.489 e. The van der Waals surface area contributed by atoms with Crippen molar-refractivity contribution >= 4 is 35.1 Å². The molecule has 3 unspecified atom stereocenters. The second-order valence-electron chi connectivity index (χ2n) is 9.77. The maximum Gasteiger partial charge on any atom is 0.326 e. The van der Waals surface area contributed by atoms with Gasteiger partial charge in [0.25, 0.3) is 0 Å². The molecule has 0 heterocycles. The van der Waals surface area contributed by atoms with Gasteiger partial charge >= 0.3 is 5.97 Å². The van der Waals surface area contributed by atoms with Crippen LogP contribution in [0.2, 0.25) is 10.0 Å². The lowest BCUT2D eigenvalue weighted by Crippen LogP contribution is -2.49. The van der Waals surface area contributed by atoms with Crippen molar-refractivity contribution in [3.05, 3.63) is 63.6 Å². The number of benzene rings is 2. The van der Waals surface area contributed by atoms with Gasteiger partial charge < -0.3 is 20.3 Å². The van der Waals surface area contributed by atoms with Gasteiger partial charge in [0.1, 0.15) is 18.4 Å². The van der Waals surface area contributed by atoms with E-state index in [4.69, 9.17) is 27.9 Å². The van der Waals surface area contributed by atoms with Crippen molar-refractivity contribution in [1.82, 2.24) is 5.32 Å². The van der Waals surface area contributed by atoms with Crippen LogP contribution in [0.1, 0.15) is 44.7 Å². The molecule has 0 radical (unpaired) electrons. The summed E-state index contributed by atoms with van der Waals surface area (Å²) in [5.41, 5.74) is 0.619. The summed E-state index contributed by atoms with van der Waals surface area (Å²) >= 11 is 12.3. The summed E-state index contributed by atoms with van der Waals surface area (Å²) in [5.74, 6) is -1.15. The zero-order valence-electron chi connectivity index (χ0n) is 19.6. The van der Waals surface area contributed by atoms with Gasteiger partial charge in [0.2, 0.25) is 5.91 Å². The van der Waals surface area contributed by atoms with Gasteiger partial charge in [-0.15, -0.1) is 0 Å². The molecule has 0 aromatic heterocycles. The minimum absolute atomic E-state index is 0.0107. The average molecular weight is 508 g/mol. The molecule has 2 aromatic carbocycles. The maximum atomic E-state index is 13.0. The summed E-state index contributed by atoms with van der Waals surface area (Å²) in [5, 5.41) is 23.3. The molecule has 1 aliphatic rings. The summed E-state index contributed by atoms with van der Waals surface area (Å²) in [6.07, 6.45) is 1.47. The number of ether oxygens (including phenoxy) is 1. The molecule has 2 aromatic rings. The standard InChI is InChI=1S/C26H31Cl2NO5/c1-25(2)19(11-12-26(25,3)15-30)23(31)29-22(24(32)33)13-16-7-9-17(10-8-16)34-14-18-20(27)5-4-6-21(18)28/h4-10,19,22,30H,11-15H2,1-3H3,(H,29,31)(H,32,33). The molecule has 1 aliphatic carbocycles. The highest BCUT2D eigenvalue weighted by molar-refractivity contribution is 6.35. The van der Waals surface area contributed by atoms with Gasteiger partial charge in [0, 0.05) is 34.6 Å². The number of halogens is 2. The van der Waals surface area contributed by atoms with Crippen molar-refractivity contribution in [2.45, 2.75) is 52.7 Å². The molecule has 0 saturated heterocycles. The number of hydrogen-bond acceptors (Lipinski definition) is 4. The SMILES string of the molecule is CC1(CO)CCC(C(=O)NC(Cc2ccc(OCc3c(Cl)cccc3Cl)cc2)C(=O)O)C1(C)C. The lowest BCUT2D eigenvalue weighted by atomic mass is 9.66. The smallest absolute Gasteiger partial charge is 0.326 e. The Balaban J connectivity index is 1.62. The van der Waals surface area contributed by atoms with E-state index in [1.165, 1.54) is 0 Å². The zero-order chi connectivity index (χ0) is 25.1. The molecule has 1 fully saturated rings. The number of nitrogens with one attached hydrogen (secondary N) is 1. The Morgan fingerprint density at radius 2 is 1.74 bits per heavy atom. The monoisotopic (exact) mass is 507 g/mol. The molecule has 8 heteroatoms. The summed E-state index contributed by atoms with van der Waals surface area (Å²) in [6.45, 7) is 6.09. The molecular weight excluding hydrogens is 477 g/mol. The molecule has 0 aliphatic heterocycles. The number of hydrogen-bond donors (Lipinski definition) is 3. The Bertz CT molecular complexity index is 1020. The van der Waals surface area contributed by atoms with E-state index in [0.29, 0.717) is 34.2 Å². The van der Waals surface area contributed by atoms with E-state index in [9.17, 15) is 19.8 Å². The van der Waals surface area contributed by atoms with Crippen molar-refractivity contribution in [2.75, 3.05) is 6.61 Å². The van der Waals surface area contributed by atoms with Gasteiger partial charge in [-0.25, -0.2) is 4.79 Å². The number of carboxylic acids is 1. The number of amides is 1. The highest BCUT2D eigenvalue weighted by atomic mass is 35.5. The van der Waals surface area contributed by atoms with Gasteiger partial charge in [-0.05, 0) is 53.5 Å². The Morgan fingerprint density at radius 1 is 1.12 bits per heavy atom. The Morgan fingerprint density at radius 3 is 2.26 bits per heavy atom. The first-order valence-corrected chi connectivity index (χ1v) is 12.0. The van der Waals surface area contributed by atoms with Crippen molar-refractivity contribution in [3.8, 4) is 5.75 Å². The molecule has 0 spiro atoms. The molecule has 184 valence electrons. The van der Waals surface area contributed by atoms with Gasteiger partial charge in [-0.3, -0.25) is 4.79 Å². The normalized spacial score (nSPS) is 22.2. The molecule has 34 heavy (non-hydrogen) atoms. The van der Waals surface area contributed by atoms with Crippen LogP contribution in [0.3, 0.4) is 0 Å². The van der Waals surface area contributed by atoms with E-state index in [1.807, 2.05) is 20.8 Å². The van der Waals surface area contributed by atoms with Crippen LogP contribution in [0, 0.1) is 16.7 Å². The fourth-order valence-electron chi connectivity index (χ4n) is 4.56. The van der Waals surface area contributed by atoms with E-state index in [1.54, 1.807) is 42.5 Å². The van der Waals surface area contributed by atoms with E-state index in [-0.39, 0.29) is 36.9 Å². The number of aliphatic carboxylic acids is 1. The highest BCUT2D eigenvalue weighted by Gasteiger charge is 2.53. The average Bonchev–Trinajstić information content (AvgIpc) is 3.03. The number of carboxylic acid groups (broad SMARTS) is 1. The lowest BCUT2D eigenvalue weighted by Gasteiger charge is -2.40. The lowest BCUT2D eigenvalue weighted by molar-refractivity contribution is -0.143. The van der Waals surface area contributed by atoms with Crippen LogP contribution < -0.4 is 10.1 Å². The molecule has 3 atom stereocenters. The van der Waals surface area contributed by atoms with Crippen molar-refractivity contribution < 1.29 is 24.5 Å². The van der Waals surface area contributed by atoms with Crippen LogP contribution in [-0.2, 0) is 22.6 Å². The number of aliphatic hydroxyl groups excluding tert-OH is 1.